The molecule has 1 amide bonds. The minimum Gasteiger partial charge on any atom is -0.472 e. The third-order valence-electron chi connectivity index (χ3n) is 4.00. The Hall–Kier alpha value is -3.61. The topological polar surface area (TPSA) is 88.7 Å². The number of aromatic nitrogens is 4. The Morgan fingerprint density at radius 1 is 1.19 bits per heavy atom. The third-order valence-corrected chi connectivity index (χ3v) is 4.00. The molecular formula is C19H17N5O2. The van der Waals surface area contributed by atoms with Crippen molar-refractivity contribution in [3.63, 3.8) is 0 Å². The first kappa shape index (κ1) is 15.9. The Morgan fingerprint density at radius 2 is 2.08 bits per heavy atom. The van der Waals surface area contributed by atoms with Crippen LogP contribution in [0.1, 0.15) is 21.9 Å². The minimum absolute atomic E-state index is 0.266. The highest BCUT2D eigenvalue weighted by molar-refractivity contribution is 6.03. The zero-order valence-electron chi connectivity index (χ0n) is 14.4. The summed E-state index contributed by atoms with van der Waals surface area (Å²) in [5.41, 5.74) is 5.38. The largest absolute Gasteiger partial charge is 0.472 e. The Labute approximate surface area is 149 Å². The second kappa shape index (κ2) is 6.36. The number of hydrogen-bond acceptors (Lipinski definition) is 4. The van der Waals surface area contributed by atoms with Gasteiger partial charge in [-0.3, -0.25) is 9.89 Å². The number of benzene rings is 1. The molecule has 0 aliphatic carbocycles. The molecule has 0 saturated carbocycles. The lowest BCUT2D eigenvalue weighted by Crippen LogP contribution is -2.12. The van der Waals surface area contributed by atoms with Crippen molar-refractivity contribution in [1.29, 1.82) is 0 Å². The molecule has 130 valence electrons. The van der Waals surface area contributed by atoms with Crippen LogP contribution < -0.4 is 5.32 Å². The lowest BCUT2D eigenvalue weighted by molar-refractivity contribution is 0.102. The molecule has 4 aromatic rings. The van der Waals surface area contributed by atoms with Gasteiger partial charge in [-0.2, -0.15) is 10.2 Å². The molecule has 0 saturated heterocycles. The fourth-order valence-corrected chi connectivity index (χ4v) is 2.80. The van der Waals surface area contributed by atoms with Gasteiger partial charge in [0.2, 0.25) is 0 Å². The fourth-order valence-electron chi connectivity index (χ4n) is 2.80. The summed E-state index contributed by atoms with van der Waals surface area (Å²) in [6.07, 6.45) is 3.14. The molecule has 1 aromatic carbocycles. The Kier molecular flexibility index (Phi) is 3.89. The van der Waals surface area contributed by atoms with Crippen LogP contribution in [-0.4, -0.2) is 25.9 Å². The highest BCUT2D eigenvalue weighted by atomic mass is 16.3. The van der Waals surface area contributed by atoms with Crippen molar-refractivity contribution in [2.24, 2.45) is 0 Å². The number of carbonyl (C=O) groups is 1. The van der Waals surface area contributed by atoms with Crippen molar-refractivity contribution in [3.8, 4) is 16.9 Å². The van der Waals surface area contributed by atoms with Crippen LogP contribution in [0.4, 0.5) is 5.69 Å². The van der Waals surface area contributed by atoms with Gasteiger partial charge in [0.25, 0.3) is 5.91 Å². The van der Waals surface area contributed by atoms with Gasteiger partial charge < -0.3 is 9.73 Å². The lowest BCUT2D eigenvalue weighted by atomic mass is 10.2. The van der Waals surface area contributed by atoms with Gasteiger partial charge in [-0.05, 0) is 50.2 Å². The van der Waals surface area contributed by atoms with Gasteiger partial charge in [-0.15, -0.1) is 0 Å². The number of aryl methyl sites for hydroxylation is 2. The molecule has 7 heteroatoms. The van der Waals surface area contributed by atoms with Crippen LogP contribution in [0.25, 0.3) is 16.9 Å². The zero-order valence-corrected chi connectivity index (χ0v) is 14.4. The third kappa shape index (κ3) is 3.02. The summed E-state index contributed by atoms with van der Waals surface area (Å²) < 4.78 is 6.88. The SMILES string of the molecule is Cc1cc(C)n(-c2cccc(NC(=O)c3cc(-c4ccoc4)n[nH]3)c2)n1. The van der Waals surface area contributed by atoms with Crippen LogP contribution in [0.15, 0.2) is 59.4 Å². The number of anilines is 1. The first-order valence-corrected chi connectivity index (χ1v) is 8.13. The number of amides is 1. The average molecular weight is 347 g/mol. The second-order valence-corrected chi connectivity index (χ2v) is 6.02. The van der Waals surface area contributed by atoms with Crippen LogP contribution in [0, 0.1) is 13.8 Å². The van der Waals surface area contributed by atoms with E-state index in [1.807, 2.05) is 48.9 Å². The quantitative estimate of drug-likeness (QED) is 0.589. The maximum absolute atomic E-state index is 12.5. The van der Waals surface area contributed by atoms with Crippen LogP contribution in [0.5, 0.6) is 0 Å². The molecule has 0 aliphatic rings. The van der Waals surface area contributed by atoms with E-state index in [2.05, 4.69) is 20.6 Å². The standard InChI is InChI=1S/C19H17N5O2/c1-12-8-13(2)24(23-12)16-5-3-4-15(9-16)20-19(25)18-10-17(21-22-18)14-6-7-26-11-14/h3-11H,1-2H3,(H,20,25)(H,21,22). The molecule has 7 nitrogen and oxygen atoms in total. The van der Waals surface area contributed by atoms with Gasteiger partial charge in [0.15, 0.2) is 0 Å². The molecule has 26 heavy (non-hydrogen) atoms. The van der Waals surface area contributed by atoms with Gasteiger partial charge in [0.05, 0.1) is 29.6 Å². The number of furan rings is 1. The Balaban J connectivity index is 1.55. The number of nitrogens with zero attached hydrogens (tertiary/aromatic N) is 3. The smallest absolute Gasteiger partial charge is 0.273 e. The van der Waals surface area contributed by atoms with E-state index in [0.29, 0.717) is 17.1 Å². The summed E-state index contributed by atoms with van der Waals surface area (Å²) in [5, 5.41) is 14.2. The number of nitrogens with one attached hydrogen (secondary N) is 2. The molecule has 0 fully saturated rings. The first-order valence-electron chi connectivity index (χ1n) is 8.13. The van der Waals surface area contributed by atoms with Crippen molar-refractivity contribution in [2.75, 3.05) is 5.32 Å². The number of rotatable bonds is 4. The summed E-state index contributed by atoms with van der Waals surface area (Å²) in [5.74, 6) is -0.266. The van der Waals surface area contributed by atoms with E-state index in [1.165, 1.54) is 0 Å². The Morgan fingerprint density at radius 3 is 2.81 bits per heavy atom. The highest BCUT2D eigenvalue weighted by Gasteiger charge is 2.13. The highest BCUT2D eigenvalue weighted by Crippen LogP contribution is 2.20. The molecular weight excluding hydrogens is 330 g/mol. The first-order chi connectivity index (χ1) is 12.6. The predicted molar refractivity (Wildman–Crippen MR) is 97.3 cm³/mol. The maximum Gasteiger partial charge on any atom is 0.273 e. The molecule has 3 heterocycles. The van der Waals surface area contributed by atoms with Crippen molar-refractivity contribution in [2.45, 2.75) is 13.8 Å². The molecule has 0 bridgehead atoms. The Bertz CT molecular complexity index is 1060. The van der Waals surface area contributed by atoms with Crippen LogP contribution >= 0.6 is 0 Å². The molecule has 2 N–H and O–H groups in total. The van der Waals surface area contributed by atoms with Gasteiger partial charge in [0.1, 0.15) is 5.69 Å². The van der Waals surface area contributed by atoms with E-state index in [1.54, 1.807) is 24.7 Å². The molecule has 0 unspecified atom stereocenters. The van der Waals surface area contributed by atoms with Crippen molar-refractivity contribution in [1.82, 2.24) is 20.0 Å². The maximum atomic E-state index is 12.5. The summed E-state index contributed by atoms with van der Waals surface area (Å²) in [4.78, 5) is 12.5. The summed E-state index contributed by atoms with van der Waals surface area (Å²) >= 11 is 0. The van der Waals surface area contributed by atoms with Crippen molar-refractivity contribution >= 4 is 11.6 Å². The number of carbonyl (C=O) groups excluding carboxylic acids is 1. The van der Waals surface area contributed by atoms with Gasteiger partial charge in [-0.25, -0.2) is 4.68 Å². The van der Waals surface area contributed by atoms with Crippen molar-refractivity contribution < 1.29 is 9.21 Å². The number of H-pyrrole nitrogens is 1. The van der Waals surface area contributed by atoms with Crippen molar-refractivity contribution in [3.05, 3.63) is 72.1 Å². The average Bonchev–Trinajstić information content (AvgIpc) is 3.35. The van der Waals surface area contributed by atoms with Crippen LogP contribution in [0.3, 0.4) is 0 Å². The normalized spacial score (nSPS) is 10.8. The molecule has 0 spiro atoms. The van der Waals surface area contributed by atoms with E-state index in [-0.39, 0.29) is 5.91 Å². The predicted octanol–water partition coefficient (Wildman–Crippen LogP) is 3.72. The zero-order chi connectivity index (χ0) is 18.1. The molecule has 4 rings (SSSR count). The van der Waals surface area contributed by atoms with E-state index in [0.717, 1.165) is 22.6 Å². The van der Waals surface area contributed by atoms with E-state index < -0.39 is 0 Å². The fraction of sp³-hybridized carbons (Fsp3) is 0.105. The van der Waals surface area contributed by atoms with Gasteiger partial charge in [0, 0.05) is 16.9 Å². The van der Waals surface area contributed by atoms with E-state index >= 15 is 0 Å². The lowest BCUT2D eigenvalue weighted by Gasteiger charge is -2.08. The molecule has 0 atom stereocenters. The summed E-state index contributed by atoms with van der Waals surface area (Å²) in [6.45, 7) is 3.94. The van der Waals surface area contributed by atoms with E-state index in [9.17, 15) is 4.79 Å². The minimum atomic E-state index is -0.266. The van der Waals surface area contributed by atoms with Gasteiger partial charge >= 0.3 is 0 Å². The summed E-state index contributed by atoms with van der Waals surface area (Å²) in [7, 11) is 0. The number of aromatic amines is 1. The van der Waals surface area contributed by atoms with Crippen LogP contribution in [0.2, 0.25) is 0 Å². The summed E-state index contributed by atoms with van der Waals surface area (Å²) in [6, 6.07) is 13.0. The van der Waals surface area contributed by atoms with Gasteiger partial charge in [-0.1, -0.05) is 6.07 Å². The molecule has 0 aliphatic heterocycles. The molecule has 3 aromatic heterocycles. The molecule has 0 radical (unpaired) electrons. The van der Waals surface area contributed by atoms with E-state index in [4.69, 9.17) is 4.42 Å². The number of hydrogen-bond donors (Lipinski definition) is 2. The monoisotopic (exact) mass is 347 g/mol. The van der Waals surface area contributed by atoms with Crippen LogP contribution in [-0.2, 0) is 0 Å². The second-order valence-electron chi connectivity index (χ2n) is 6.02.